The number of allylic oxidation sites excluding steroid dienone is 1. The average Bonchev–Trinajstić information content (AvgIpc) is 2.98. The highest BCUT2D eigenvalue weighted by atomic mass is 35.5. The molecule has 1 aliphatic carbocycles. The van der Waals surface area contributed by atoms with Crippen LogP contribution in [0.2, 0.25) is 5.02 Å². The molecule has 1 heterocycles. The van der Waals surface area contributed by atoms with Gasteiger partial charge in [-0.15, -0.1) is 0 Å². The van der Waals surface area contributed by atoms with E-state index in [1.807, 2.05) is 18.2 Å². The zero-order chi connectivity index (χ0) is 15.2. The van der Waals surface area contributed by atoms with Crippen molar-refractivity contribution in [2.24, 2.45) is 11.7 Å². The third-order valence-corrected chi connectivity index (χ3v) is 5.04. The number of halogens is 2. The quantitative estimate of drug-likeness (QED) is 0.898. The fourth-order valence-corrected chi connectivity index (χ4v) is 3.61. The monoisotopic (exact) mass is 308 g/mol. The molecular formula is C16H18ClFN2O. The van der Waals surface area contributed by atoms with Crippen LogP contribution in [0.5, 0.6) is 0 Å². The van der Waals surface area contributed by atoms with Gasteiger partial charge < -0.3 is 5.73 Å². The SMILES string of the molecule is C/C(=C(\F)CC12CC1CC(C(N)=O)N2)c1ccccc1Cl. The summed E-state index contributed by atoms with van der Waals surface area (Å²) in [4.78, 5) is 11.2. The number of nitrogens with one attached hydrogen (secondary N) is 1. The first kappa shape index (κ1) is 14.5. The summed E-state index contributed by atoms with van der Waals surface area (Å²) in [5, 5.41) is 3.76. The number of benzene rings is 1. The van der Waals surface area contributed by atoms with Crippen LogP contribution < -0.4 is 11.1 Å². The fourth-order valence-electron chi connectivity index (χ4n) is 3.33. The van der Waals surface area contributed by atoms with E-state index in [9.17, 15) is 9.18 Å². The molecule has 0 spiro atoms. The summed E-state index contributed by atoms with van der Waals surface area (Å²) in [5.41, 5.74) is 6.31. The summed E-state index contributed by atoms with van der Waals surface area (Å²) in [5.74, 6) is -0.184. The Bertz CT molecular complexity index is 630. The van der Waals surface area contributed by atoms with Crippen LogP contribution in [0.25, 0.3) is 5.57 Å². The number of nitrogens with two attached hydrogens (primary N) is 1. The number of rotatable bonds is 4. The normalized spacial score (nSPS) is 31.6. The second kappa shape index (κ2) is 5.11. The molecule has 0 aromatic heterocycles. The van der Waals surface area contributed by atoms with Crippen molar-refractivity contribution < 1.29 is 9.18 Å². The number of fused-ring (bicyclic) bond motifs is 1. The Balaban J connectivity index is 1.78. The van der Waals surface area contributed by atoms with Crippen LogP contribution in [-0.2, 0) is 4.79 Å². The minimum absolute atomic E-state index is 0.178. The maximum atomic E-state index is 14.6. The molecule has 2 aliphatic rings. The van der Waals surface area contributed by atoms with Crippen LogP contribution in [0.3, 0.4) is 0 Å². The van der Waals surface area contributed by atoms with Crippen molar-refractivity contribution in [1.29, 1.82) is 0 Å². The minimum atomic E-state index is -0.353. The first-order valence-corrected chi connectivity index (χ1v) is 7.48. The van der Waals surface area contributed by atoms with Crippen LogP contribution >= 0.6 is 11.6 Å². The van der Waals surface area contributed by atoms with Gasteiger partial charge in [-0.2, -0.15) is 0 Å². The van der Waals surface area contributed by atoms with Crippen LogP contribution in [0, 0.1) is 5.92 Å². The second-order valence-electron chi connectivity index (χ2n) is 6.08. The average molecular weight is 309 g/mol. The lowest BCUT2D eigenvalue weighted by molar-refractivity contribution is -0.120. The van der Waals surface area contributed by atoms with E-state index < -0.39 is 0 Å². The Morgan fingerprint density at radius 3 is 2.86 bits per heavy atom. The second-order valence-corrected chi connectivity index (χ2v) is 6.49. The fraction of sp³-hybridized carbons (Fsp3) is 0.438. The number of carbonyl (C=O) groups excluding carboxylic acids is 1. The number of hydrogen-bond acceptors (Lipinski definition) is 2. The van der Waals surface area contributed by atoms with Crippen molar-refractivity contribution in [3.05, 3.63) is 40.7 Å². The molecule has 1 aromatic rings. The largest absolute Gasteiger partial charge is 0.368 e. The zero-order valence-corrected chi connectivity index (χ0v) is 12.6. The van der Waals surface area contributed by atoms with E-state index >= 15 is 0 Å². The highest BCUT2D eigenvalue weighted by molar-refractivity contribution is 6.32. The lowest BCUT2D eigenvalue weighted by atomic mass is 10.0. The molecule has 3 N–H and O–H groups in total. The molecule has 112 valence electrons. The molecule has 1 saturated heterocycles. The molecule has 5 heteroatoms. The van der Waals surface area contributed by atoms with Crippen molar-refractivity contribution in [1.82, 2.24) is 5.32 Å². The standard InChI is InChI=1S/C16H18ClFN2O/c1-9(11-4-2-3-5-12(11)17)13(18)8-16-7-10(16)6-14(20-16)15(19)21/h2-5,10,14,20H,6-8H2,1H3,(H2,19,21)/b13-9+. The van der Waals surface area contributed by atoms with Gasteiger partial charge in [0.05, 0.1) is 6.04 Å². The van der Waals surface area contributed by atoms with E-state index in [0.717, 1.165) is 12.0 Å². The van der Waals surface area contributed by atoms with Crippen LogP contribution in [0.1, 0.15) is 31.7 Å². The number of primary amides is 1. The van der Waals surface area contributed by atoms with Crippen molar-refractivity contribution in [3.8, 4) is 0 Å². The lowest BCUT2D eigenvalue weighted by Crippen LogP contribution is -2.43. The summed E-state index contributed by atoms with van der Waals surface area (Å²) in [7, 11) is 0. The van der Waals surface area contributed by atoms with Gasteiger partial charge in [-0.3, -0.25) is 10.1 Å². The number of piperidine rings is 1. The predicted molar refractivity (Wildman–Crippen MR) is 81.3 cm³/mol. The van der Waals surface area contributed by atoms with Gasteiger partial charge in [0, 0.05) is 17.0 Å². The van der Waals surface area contributed by atoms with Crippen LogP contribution in [0.15, 0.2) is 30.1 Å². The van der Waals surface area contributed by atoms with Gasteiger partial charge in [-0.25, -0.2) is 4.39 Å². The molecule has 2 fully saturated rings. The number of amides is 1. The van der Waals surface area contributed by atoms with Gasteiger partial charge in [0.15, 0.2) is 0 Å². The maximum Gasteiger partial charge on any atom is 0.234 e. The third-order valence-electron chi connectivity index (χ3n) is 4.71. The maximum absolute atomic E-state index is 14.6. The molecular weight excluding hydrogens is 291 g/mol. The highest BCUT2D eigenvalue weighted by Crippen LogP contribution is 2.55. The van der Waals surface area contributed by atoms with Gasteiger partial charge in [0.1, 0.15) is 5.83 Å². The molecule has 3 nitrogen and oxygen atoms in total. The van der Waals surface area contributed by atoms with Crippen molar-refractivity contribution in [2.75, 3.05) is 0 Å². The molecule has 1 aromatic carbocycles. The predicted octanol–water partition coefficient (Wildman–Crippen LogP) is 3.04. The summed E-state index contributed by atoms with van der Waals surface area (Å²) in [6.45, 7) is 1.74. The molecule has 3 unspecified atom stereocenters. The Kier molecular flexibility index (Phi) is 3.54. The molecule has 21 heavy (non-hydrogen) atoms. The Hall–Kier alpha value is -1.39. The lowest BCUT2D eigenvalue weighted by Gasteiger charge is -2.17. The molecule has 1 saturated carbocycles. The summed E-state index contributed by atoms with van der Waals surface area (Å²) in [6.07, 6.45) is 1.91. The number of hydrogen-bond donors (Lipinski definition) is 2. The smallest absolute Gasteiger partial charge is 0.234 e. The van der Waals surface area contributed by atoms with E-state index in [4.69, 9.17) is 17.3 Å². The van der Waals surface area contributed by atoms with Crippen molar-refractivity contribution in [2.45, 2.75) is 37.8 Å². The van der Waals surface area contributed by atoms with E-state index in [2.05, 4.69) is 5.32 Å². The van der Waals surface area contributed by atoms with E-state index in [0.29, 0.717) is 29.4 Å². The van der Waals surface area contributed by atoms with Gasteiger partial charge in [-0.05, 0) is 42.9 Å². The van der Waals surface area contributed by atoms with E-state index in [1.165, 1.54) is 0 Å². The summed E-state index contributed by atoms with van der Waals surface area (Å²) in [6, 6.07) is 6.91. The Morgan fingerprint density at radius 1 is 1.52 bits per heavy atom. The van der Waals surface area contributed by atoms with Crippen LogP contribution in [-0.4, -0.2) is 17.5 Å². The van der Waals surface area contributed by atoms with Gasteiger partial charge in [0.2, 0.25) is 5.91 Å². The first-order chi connectivity index (χ1) is 9.93. The highest BCUT2D eigenvalue weighted by Gasteiger charge is 2.61. The molecule has 1 aliphatic heterocycles. The van der Waals surface area contributed by atoms with Gasteiger partial charge in [0.25, 0.3) is 0 Å². The van der Waals surface area contributed by atoms with Gasteiger partial charge in [-0.1, -0.05) is 29.8 Å². The van der Waals surface area contributed by atoms with E-state index in [1.54, 1.807) is 13.0 Å². The molecule has 3 rings (SSSR count). The topological polar surface area (TPSA) is 55.1 Å². The molecule has 0 radical (unpaired) electrons. The minimum Gasteiger partial charge on any atom is -0.368 e. The Morgan fingerprint density at radius 2 is 2.24 bits per heavy atom. The first-order valence-electron chi connectivity index (χ1n) is 7.10. The molecule has 0 bridgehead atoms. The zero-order valence-electron chi connectivity index (χ0n) is 11.8. The van der Waals surface area contributed by atoms with Crippen molar-refractivity contribution >= 4 is 23.1 Å². The number of carbonyl (C=O) groups is 1. The van der Waals surface area contributed by atoms with Gasteiger partial charge >= 0.3 is 0 Å². The van der Waals surface area contributed by atoms with Crippen molar-refractivity contribution in [3.63, 3.8) is 0 Å². The summed E-state index contributed by atoms with van der Waals surface area (Å²) >= 11 is 6.11. The third kappa shape index (κ3) is 2.58. The Labute approximate surface area is 128 Å². The summed E-state index contributed by atoms with van der Waals surface area (Å²) < 4.78 is 14.6. The van der Waals surface area contributed by atoms with E-state index in [-0.39, 0.29) is 23.3 Å². The van der Waals surface area contributed by atoms with Crippen LogP contribution in [0.4, 0.5) is 4.39 Å². The molecule has 3 atom stereocenters. The molecule has 1 amide bonds.